The van der Waals surface area contributed by atoms with E-state index in [1.807, 2.05) is 36.7 Å². The fourth-order valence-electron chi connectivity index (χ4n) is 0.817. The fourth-order valence-corrected chi connectivity index (χ4v) is 1.31. The summed E-state index contributed by atoms with van der Waals surface area (Å²) < 4.78 is 0. The number of nitrogens with zero attached hydrogens (tertiary/aromatic N) is 2. The van der Waals surface area contributed by atoms with Gasteiger partial charge in [-0.15, -0.1) is 12.6 Å². The van der Waals surface area contributed by atoms with Gasteiger partial charge >= 0.3 is 0 Å². The molecule has 0 aromatic heterocycles. The first-order valence-electron chi connectivity index (χ1n) is 3.83. The highest BCUT2D eigenvalue weighted by molar-refractivity contribution is 8.13. The summed E-state index contributed by atoms with van der Waals surface area (Å²) in [6.07, 6.45) is 3.69. The van der Waals surface area contributed by atoms with E-state index >= 15 is 0 Å². The average molecular weight is 223 g/mol. The number of hydrogen-bond acceptors (Lipinski definition) is 4. The minimum absolute atomic E-state index is 0.583. The number of thiol groups is 1. The topological polar surface area (TPSA) is 48.2 Å². The molecule has 0 heterocycles. The van der Waals surface area contributed by atoms with E-state index in [2.05, 4.69) is 22.9 Å². The Kier molecular flexibility index (Phi) is 4.36. The van der Waals surface area contributed by atoms with Crippen LogP contribution in [0.25, 0.3) is 0 Å². The summed E-state index contributed by atoms with van der Waals surface area (Å²) in [6, 6.07) is 7.40. The van der Waals surface area contributed by atoms with Crippen LogP contribution in [0, 0.1) is 11.5 Å². The fraction of sp³-hybridized carbons (Fsp3) is 0.111. The molecule has 72 valence electrons. The van der Waals surface area contributed by atoms with E-state index in [9.17, 15) is 0 Å². The van der Waals surface area contributed by atoms with E-state index in [0.29, 0.717) is 5.17 Å². The lowest BCUT2D eigenvalue weighted by molar-refractivity contribution is 1.28. The highest BCUT2D eigenvalue weighted by atomic mass is 32.2. The molecule has 0 fully saturated rings. The molecule has 0 saturated carbocycles. The molecular weight excluding hydrogens is 214 g/mol. The Morgan fingerprint density at radius 3 is 2.64 bits per heavy atom. The maximum absolute atomic E-state index is 8.42. The molecule has 0 amide bonds. The quantitative estimate of drug-likeness (QED) is 0.253. The average Bonchev–Trinajstić information content (AvgIpc) is 2.20. The molecule has 0 radical (unpaired) electrons. The summed E-state index contributed by atoms with van der Waals surface area (Å²) in [6.45, 7) is 0. The number of rotatable bonds is 1. The standard InChI is InChI=1S/C9H9N3S2/c1-14-9(11-6-10)12-7-2-4-8(13)5-3-7/h2-5,13H,1H3,(H,11,12). The van der Waals surface area contributed by atoms with Gasteiger partial charge in [-0.1, -0.05) is 11.8 Å². The van der Waals surface area contributed by atoms with Crippen LogP contribution in [0.2, 0.25) is 0 Å². The van der Waals surface area contributed by atoms with E-state index in [0.717, 1.165) is 10.6 Å². The van der Waals surface area contributed by atoms with Crippen LogP contribution < -0.4 is 5.32 Å². The predicted octanol–water partition coefficient (Wildman–Crippen LogP) is 2.40. The summed E-state index contributed by atoms with van der Waals surface area (Å²) in [5.74, 6) is 0. The largest absolute Gasteiger partial charge is 0.271 e. The second kappa shape index (κ2) is 5.58. The van der Waals surface area contributed by atoms with Crippen molar-refractivity contribution < 1.29 is 0 Å². The molecule has 1 rings (SSSR count). The summed E-state index contributed by atoms with van der Waals surface area (Å²) in [7, 11) is 0. The van der Waals surface area contributed by atoms with Gasteiger partial charge in [-0.05, 0) is 30.5 Å². The van der Waals surface area contributed by atoms with Crippen molar-refractivity contribution in [1.29, 1.82) is 5.26 Å². The highest BCUT2D eigenvalue weighted by Crippen LogP contribution is 2.16. The van der Waals surface area contributed by atoms with Crippen molar-refractivity contribution in [3.63, 3.8) is 0 Å². The monoisotopic (exact) mass is 223 g/mol. The van der Waals surface area contributed by atoms with E-state index in [1.54, 1.807) is 0 Å². The molecule has 0 aliphatic rings. The predicted molar refractivity (Wildman–Crippen MR) is 63.1 cm³/mol. The van der Waals surface area contributed by atoms with E-state index in [4.69, 9.17) is 5.26 Å². The van der Waals surface area contributed by atoms with Gasteiger partial charge < -0.3 is 0 Å². The van der Waals surface area contributed by atoms with Crippen LogP contribution in [0.4, 0.5) is 5.69 Å². The third-order valence-electron chi connectivity index (χ3n) is 1.44. The van der Waals surface area contributed by atoms with Crippen molar-refractivity contribution >= 4 is 35.2 Å². The highest BCUT2D eigenvalue weighted by Gasteiger charge is 1.95. The molecule has 1 aromatic rings. The third-order valence-corrected chi connectivity index (χ3v) is 2.31. The Morgan fingerprint density at radius 2 is 2.14 bits per heavy atom. The zero-order chi connectivity index (χ0) is 10.4. The molecule has 0 aliphatic heterocycles. The molecular formula is C9H9N3S2. The SMILES string of the molecule is CSC(=Nc1ccc(S)cc1)NC#N. The molecule has 1 N–H and O–H groups in total. The Bertz CT molecular complexity index is 365. The first-order chi connectivity index (χ1) is 6.76. The van der Waals surface area contributed by atoms with Crippen molar-refractivity contribution in [3.8, 4) is 6.19 Å². The van der Waals surface area contributed by atoms with Crippen molar-refractivity contribution in [3.05, 3.63) is 24.3 Å². The Morgan fingerprint density at radius 1 is 1.50 bits per heavy atom. The second-order valence-corrected chi connectivity index (χ2v) is 3.69. The van der Waals surface area contributed by atoms with Crippen molar-refractivity contribution in [2.75, 3.05) is 6.26 Å². The molecule has 0 unspecified atom stereocenters. The summed E-state index contributed by atoms with van der Waals surface area (Å²) >= 11 is 5.56. The van der Waals surface area contributed by atoms with Gasteiger partial charge in [0.05, 0.1) is 5.69 Å². The number of nitriles is 1. The van der Waals surface area contributed by atoms with Crippen LogP contribution in [0.1, 0.15) is 0 Å². The van der Waals surface area contributed by atoms with Crippen molar-refractivity contribution in [2.24, 2.45) is 4.99 Å². The molecule has 0 bridgehead atoms. The van der Waals surface area contributed by atoms with Crippen LogP contribution in [-0.2, 0) is 0 Å². The van der Waals surface area contributed by atoms with Gasteiger partial charge in [0, 0.05) is 4.90 Å². The first kappa shape index (κ1) is 11.0. The van der Waals surface area contributed by atoms with Crippen molar-refractivity contribution in [2.45, 2.75) is 4.90 Å². The number of nitrogens with one attached hydrogen (secondary N) is 1. The van der Waals surface area contributed by atoms with Gasteiger partial charge in [0.25, 0.3) is 0 Å². The zero-order valence-electron chi connectivity index (χ0n) is 7.56. The molecule has 14 heavy (non-hydrogen) atoms. The number of hydrogen-bond donors (Lipinski definition) is 2. The lowest BCUT2D eigenvalue weighted by atomic mass is 10.3. The minimum Gasteiger partial charge on any atom is -0.271 e. The normalized spacial score (nSPS) is 10.8. The summed E-state index contributed by atoms with van der Waals surface area (Å²) in [5, 5.41) is 11.5. The van der Waals surface area contributed by atoms with Gasteiger partial charge in [-0.3, -0.25) is 5.32 Å². The smallest absolute Gasteiger partial charge is 0.183 e. The lowest BCUT2D eigenvalue weighted by Gasteiger charge is -1.99. The lowest BCUT2D eigenvalue weighted by Crippen LogP contribution is -2.12. The van der Waals surface area contributed by atoms with Gasteiger partial charge in [0.2, 0.25) is 0 Å². The van der Waals surface area contributed by atoms with E-state index in [-0.39, 0.29) is 0 Å². The van der Waals surface area contributed by atoms with Gasteiger partial charge in [-0.2, -0.15) is 5.26 Å². The molecule has 3 nitrogen and oxygen atoms in total. The maximum Gasteiger partial charge on any atom is 0.183 e. The Balaban J connectivity index is 2.84. The third kappa shape index (κ3) is 3.32. The van der Waals surface area contributed by atoms with Gasteiger partial charge in [0.15, 0.2) is 11.4 Å². The number of amidine groups is 1. The maximum atomic E-state index is 8.42. The summed E-state index contributed by atoms with van der Waals surface area (Å²) in [4.78, 5) is 5.11. The van der Waals surface area contributed by atoms with Crippen LogP contribution >= 0.6 is 24.4 Å². The van der Waals surface area contributed by atoms with Gasteiger partial charge in [-0.25, -0.2) is 4.99 Å². The molecule has 5 heteroatoms. The van der Waals surface area contributed by atoms with E-state index < -0.39 is 0 Å². The summed E-state index contributed by atoms with van der Waals surface area (Å²) in [5.41, 5.74) is 0.801. The zero-order valence-corrected chi connectivity index (χ0v) is 9.27. The number of thioether (sulfide) groups is 1. The van der Waals surface area contributed by atoms with Crippen LogP contribution in [-0.4, -0.2) is 11.4 Å². The molecule has 0 saturated heterocycles. The van der Waals surface area contributed by atoms with Crippen molar-refractivity contribution in [1.82, 2.24) is 5.32 Å². The Hall–Kier alpha value is -1.12. The molecule has 1 aromatic carbocycles. The molecule has 0 atom stereocenters. The van der Waals surface area contributed by atoms with E-state index in [1.165, 1.54) is 11.8 Å². The number of benzene rings is 1. The van der Waals surface area contributed by atoms with Crippen LogP contribution in [0.15, 0.2) is 34.2 Å². The first-order valence-corrected chi connectivity index (χ1v) is 5.50. The van der Waals surface area contributed by atoms with Gasteiger partial charge in [0.1, 0.15) is 0 Å². The number of aliphatic imine (C=N–C) groups is 1. The molecule has 0 spiro atoms. The Labute approximate surface area is 92.6 Å². The minimum atomic E-state index is 0.583. The second-order valence-electron chi connectivity index (χ2n) is 2.37. The molecule has 0 aliphatic carbocycles. The van der Waals surface area contributed by atoms with Crippen LogP contribution in [0.5, 0.6) is 0 Å². The van der Waals surface area contributed by atoms with Crippen LogP contribution in [0.3, 0.4) is 0 Å².